The second-order valence-electron chi connectivity index (χ2n) is 5.95. The third kappa shape index (κ3) is 4.96. The molecule has 2 atom stereocenters. The molecule has 0 saturated heterocycles. The van der Waals surface area contributed by atoms with Crippen LogP contribution in [-0.4, -0.2) is 31.6 Å². The Labute approximate surface area is 136 Å². The van der Waals surface area contributed by atoms with Gasteiger partial charge in [-0.2, -0.15) is 0 Å². The number of nitrogens with one attached hydrogen (secondary N) is 1. The lowest BCUT2D eigenvalue weighted by Crippen LogP contribution is -2.34. The molecule has 0 spiro atoms. The van der Waals surface area contributed by atoms with Crippen molar-refractivity contribution in [2.45, 2.75) is 38.6 Å². The van der Waals surface area contributed by atoms with Gasteiger partial charge in [-0.15, -0.1) is 0 Å². The number of amides is 1. The number of aryl methyl sites for hydroxylation is 1. The van der Waals surface area contributed by atoms with Crippen LogP contribution in [0.2, 0.25) is 0 Å². The monoisotopic (exact) mass is 320 g/mol. The molecule has 1 aliphatic carbocycles. The van der Waals surface area contributed by atoms with E-state index < -0.39 is 5.97 Å². The van der Waals surface area contributed by atoms with Gasteiger partial charge in [-0.25, -0.2) is 4.79 Å². The third-order valence-electron chi connectivity index (χ3n) is 4.13. The van der Waals surface area contributed by atoms with Crippen molar-refractivity contribution >= 4 is 17.6 Å². The zero-order valence-electron chi connectivity index (χ0n) is 13.6. The third-order valence-corrected chi connectivity index (χ3v) is 4.13. The minimum atomic E-state index is -0.436. The van der Waals surface area contributed by atoms with Crippen molar-refractivity contribution in [3.05, 3.63) is 23.8 Å². The summed E-state index contributed by atoms with van der Waals surface area (Å²) in [5.74, 6) is 0.124. The molecule has 3 N–H and O–H groups in total. The van der Waals surface area contributed by atoms with Crippen molar-refractivity contribution < 1.29 is 19.1 Å². The van der Waals surface area contributed by atoms with Crippen molar-refractivity contribution in [2.24, 2.45) is 11.7 Å². The van der Waals surface area contributed by atoms with E-state index in [9.17, 15) is 9.59 Å². The minimum Gasteiger partial charge on any atom is -0.482 e. The van der Waals surface area contributed by atoms with Crippen molar-refractivity contribution in [3.8, 4) is 5.75 Å². The molecule has 6 heteroatoms. The summed E-state index contributed by atoms with van der Waals surface area (Å²) >= 11 is 0. The number of rotatable bonds is 5. The Kier molecular flexibility index (Phi) is 5.98. The molecule has 23 heavy (non-hydrogen) atoms. The van der Waals surface area contributed by atoms with Gasteiger partial charge in [0.05, 0.1) is 7.11 Å². The number of benzene rings is 1. The summed E-state index contributed by atoms with van der Waals surface area (Å²) in [6, 6.07) is 5.40. The van der Waals surface area contributed by atoms with Gasteiger partial charge >= 0.3 is 5.97 Å². The topological polar surface area (TPSA) is 90.6 Å². The highest BCUT2D eigenvalue weighted by atomic mass is 16.6. The first-order chi connectivity index (χ1) is 11.0. The molecular formula is C17H24N2O4. The summed E-state index contributed by atoms with van der Waals surface area (Å²) < 4.78 is 9.85. The smallest absolute Gasteiger partial charge is 0.343 e. The van der Waals surface area contributed by atoms with E-state index in [1.807, 2.05) is 6.92 Å². The Balaban J connectivity index is 1.95. The van der Waals surface area contributed by atoms with Crippen LogP contribution < -0.4 is 15.8 Å². The van der Waals surface area contributed by atoms with E-state index in [0.717, 1.165) is 36.9 Å². The molecule has 0 aromatic heterocycles. The highest BCUT2D eigenvalue weighted by Gasteiger charge is 2.25. The normalized spacial score (nSPS) is 20.7. The molecule has 2 unspecified atom stereocenters. The SMILES string of the molecule is COC(=O)COc1ccc(NC(=O)C2CCCC(N)C2)c(C)c1. The van der Waals surface area contributed by atoms with Gasteiger partial charge in [0.25, 0.3) is 0 Å². The van der Waals surface area contributed by atoms with E-state index in [2.05, 4.69) is 10.1 Å². The van der Waals surface area contributed by atoms with Crippen LogP contribution in [0.1, 0.15) is 31.2 Å². The number of carbonyl (C=O) groups is 2. The van der Waals surface area contributed by atoms with Crippen molar-refractivity contribution in [2.75, 3.05) is 19.0 Å². The van der Waals surface area contributed by atoms with Gasteiger partial charge in [0, 0.05) is 17.6 Å². The number of esters is 1. The lowest BCUT2D eigenvalue weighted by atomic mass is 9.85. The van der Waals surface area contributed by atoms with Gasteiger partial charge in [-0.3, -0.25) is 4.79 Å². The number of anilines is 1. The number of hydrogen-bond acceptors (Lipinski definition) is 5. The van der Waals surface area contributed by atoms with E-state index in [0.29, 0.717) is 5.75 Å². The van der Waals surface area contributed by atoms with E-state index in [-0.39, 0.29) is 24.5 Å². The first kappa shape index (κ1) is 17.3. The molecule has 1 fully saturated rings. The zero-order valence-corrected chi connectivity index (χ0v) is 13.6. The molecule has 6 nitrogen and oxygen atoms in total. The summed E-state index contributed by atoms with van der Waals surface area (Å²) in [6.07, 6.45) is 3.62. The van der Waals surface area contributed by atoms with Crippen LogP contribution in [0.15, 0.2) is 18.2 Å². The molecular weight excluding hydrogens is 296 g/mol. The van der Waals surface area contributed by atoms with E-state index in [4.69, 9.17) is 10.5 Å². The quantitative estimate of drug-likeness (QED) is 0.810. The minimum absolute atomic E-state index is 0.0199. The largest absolute Gasteiger partial charge is 0.482 e. The molecule has 1 saturated carbocycles. The van der Waals surface area contributed by atoms with Gasteiger partial charge in [0.2, 0.25) is 5.91 Å². The molecule has 0 aliphatic heterocycles. The molecule has 2 rings (SSSR count). The standard InChI is InChI=1S/C17H24N2O4/c1-11-8-14(23-10-16(20)22-2)6-7-15(11)19-17(21)12-4-3-5-13(18)9-12/h6-8,12-13H,3-5,9-10,18H2,1-2H3,(H,19,21). The number of nitrogens with two attached hydrogens (primary N) is 1. The Bertz CT molecular complexity index is 574. The Hall–Kier alpha value is -2.08. The van der Waals surface area contributed by atoms with E-state index in [1.165, 1.54) is 7.11 Å². The number of hydrogen-bond donors (Lipinski definition) is 2. The Morgan fingerprint density at radius 1 is 1.35 bits per heavy atom. The molecule has 1 aromatic rings. The Morgan fingerprint density at radius 3 is 2.78 bits per heavy atom. The lowest BCUT2D eigenvalue weighted by Gasteiger charge is -2.26. The fraction of sp³-hybridized carbons (Fsp3) is 0.529. The van der Waals surface area contributed by atoms with Crippen LogP contribution in [0.3, 0.4) is 0 Å². The molecule has 1 aromatic carbocycles. The maximum atomic E-state index is 12.3. The molecule has 0 radical (unpaired) electrons. The van der Waals surface area contributed by atoms with Crippen LogP contribution in [0, 0.1) is 12.8 Å². The second kappa shape index (κ2) is 7.97. The summed E-state index contributed by atoms with van der Waals surface area (Å²) in [7, 11) is 1.31. The predicted molar refractivity (Wildman–Crippen MR) is 87.3 cm³/mol. The van der Waals surface area contributed by atoms with Crippen LogP contribution in [-0.2, 0) is 14.3 Å². The number of methoxy groups -OCH3 is 1. The van der Waals surface area contributed by atoms with Crippen molar-refractivity contribution in [3.63, 3.8) is 0 Å². The zero-order chi connectivity index (χ0) is 16.8. The summed E-state index contributed by atoms with van der Waals surface area (Å²) in [5, 5.41) is 2.96. The summed E-state index contributed by atoms with van der Waals surface area (Å²) in [5.41, 5.74) is 7.57. The average molecular weight is 320 g/mol. The highest BCUT2D eigenvalue weighted by molar-refractivity contribution is 5.93. The van der Waals surface area contributed by atoms with Crippen LogP contribution in [0.4, 0.5) is 5.69 Å². The maximum Gasteiger partial charge on any atom is 0.343 e. The van der Waals surface area contributed by atoms with Crippen molar-refractivity contribution in [1.29, 1.82) is 0 Å². The molecule has 0 bridgehead atoms. The van der Waals surface area contributed by atoms with Gasteiger partial charge in [0.1, 0.15) is 5.75 Å². The lowest BCUT2D eigenvalue weighted by molar-refractivity contribution is -0.142. The fourth-order valence-electron chi connectivity index (χ4n) is 2.77. The highest BCUT2D eigenvalue weighted by Crippen LogP contribution is 2.26. The van der Waals surface area contributed by atoms with Gasteiger partial charge in [-0.1, -0.05) is 6.42 Å². The summed E-state index contributed by atoms with van der Waals surface area (Å²) in [4.78, 5) is 23.4. The summed E-state index contributed by atoms with van der Waals surface area (Å²) in [6.45, 7) is 1.74. The van der Waals surface area contributed by atoms with Crippen LogP contribution >= 0.6 is 0 Å². The molecule has 0 heterocycles. The van der Waals surface area contributed by atoms with Gasteiger partial charge in [-0.05, 0) is 49.9 Å². The van der Waals surface area contributed by atoms with Gasteiger partial charge in [0.15, 0.2) is 6.61 Å². The predicted octanol–water partition coefficient (Wildman–Crippen LogP) is 2.00. The van der Waals surface area contributed by atoms with Crippen LogP contribution in [0.25, 0.3) is 0 Å². The first-order valence-electron chi connectivity index (χ1n) is 7.86. The van der Waals surface area contributed by atoms with E-state index in [1.54, 1.807) is 18.2 Å². The fourth-order valence-corrected chi connectivity index (χ4v) is 2.77. The van der Waals surface area contributed by atoms with Crippen LogP contribution in [0.5, 0.6) is 5.75 Å². The molecule has 1 aliphatic rings. The molecule has 126 valence electrons. The number of ether oxygens (including phenoxy) is 2. The average Bonchev–Trinajstić information content (AvgIpc) is 2.54. The maximum absolute atomic E-state index is 12.3. The molecule has 1 amide bonds. The first-order valence-corrected chi connectivity index (χ1v) is 7.86. The van der Waals surface area contributed by atoms with Crippen molar-refractivity contribution in [1.82, 2.24) is 0 Å². The second-order valence-corrected chi connectivity index (χ2v) is 5.95. The van der Waals surface area contributed by atoms with E-state index >= 15 is 0 Å². The van der Waals surface area contributed by atoms with Gasteiger partial charge < -0.3 is 20.5 Å². The Morgan fingerprint density at radius 2 is 2.13 bits per heavy atom. The number of carbonyl (C=O) groups excluding carboxylic acids is 2.